The monoisotopic (exact) mass is 378 g/mol. The molecule has 2 aromatic rings. The van der Waals surface area contributed by atoms with Crippen molar-refractivity contribution < 1.29 is 4.39 Å². The van der Waals surface area contributed by atoms with Crippen LogP contribution >= 0.6 is 15.9 Å². The van der Waals surface area contributed by atoms with E-state index in [1.54, 1.807) is 6.20 Å². The highest BCUT2D eigenvalue weighted by molar-refractivity contribution is 9.10. The second-order valence-corrected chi connectivity index (χ2v) is 5.89. The highest BCUT2D eigenvalue weighted by Gasteiger charge is 2.01. The first kappa shape index (κ1) is 17.4. The third-order valence-corrected chi connectivity index (χ3v) is 3.54. The first-order valence-corrected chi connectivity index (χ1v) is 8.33. The zero-order valence-corrected chi connectivity index (χ0v) is 14.6. The Bertz CT molecular complexity index is 626. The summed E-state index contributed by atoms with van der Waals surface area (Å²) >= 11 is 3.29. The summed E-state index contributed by atoms with van der Waals surface area (Å²) in [6.45, 7) is 3.92. The molecule has 0 saturated carbocycles. The van der Waals surface area contributed by atoms with Gasteiger partial charge in [-0.1, -0.05) is 22.0 Å². The summed E-state index contributed by atoms with van der Waals surface area (Å²) in [5, 5.41) is 6.44. The Morgan fingerprint density at radius 2 is 2.13 bits per heavy atom. The lowest BCUT2D eigenvalue weighted by Gasteiger charge is -2.11. The third kappa shape index (κ3) is 6.36. The second kappa shape index (κ2) is 9.25. The van der Waals surface area contributed by atoms with Crippen LogP contribution in [0.5, 0.6) is 0 Å². The molecule has 0 aliphatic carbocycles. The van der Waals surface area contributed by atoms with Gasteiger partial charge < -0.3 is 10.6 Å². The lowest BCUT2D eigenvalue weighted by molar-refractivity contribution is 0.624. The van der Waals surface area contributed by atoms with Crippen molar-refractivity contribution in [2.45, 2.75) is 19.9 Å². The normalized spacial score (nSPS) is 11.3. The van der Waals surface area contributed by atoms with Gasteiger partial charge in [0, 0.05) is 35.9 Å². The zero-order chi connectivity index (χ0) is 16.5. The summed E-state index contributed by atoms with van der Waals surface area (Å²) < 4.78 is 14.1. The highest BCUT2D eigenvalue weighted by Crippen LogP contribution is 2.15. The SMILES string of the molecule is CCNC(=NCc1cc(F)cc(Br)c1)NCCc1ccccn1. The standard InChI is InChI=1S/C17H20BrFN4/c1-2-20-17(22-8-6-16-5-3-4-7-21-16)23-12-13-9-14(18)11-15(19)10-13/h3-5,7,9-11H,2,6,8,12H2,1H3,(H2,20,22,23). The Balaban J connectivity index is 1.91. The molecule has 0 aliphatic rings. The maximum absolute atomic E-state index is 13.4. The zero-order valence-electron chi connectivity index (χ0n) is 13.0. The maximum Gasteiger partial charge on any atom is 0.191 e. The Labute approximate surface area is 144 Å². The van der Waals surface area contributed by atoms with Crippen LogP contribution in [0.4, 0.5) is 4.39 Å². The van der Waals surface area contributed by atoms with E-state index < -0.39 is 0 Å². The number of guanidine groups is 1. The molecular weight excluding hydrogens is 359 g/mol. The minimum Gasteiger partial charge on any atom is -0.357 e. The number of rotatable bonds is 6. The molecule has 6 heteroatoms. The number of hydrogen-bond donors (Lipinski definition) is 2. The predicted molar refractivity (Wildman–Crippen MR) is 94.9 cm³/mol. The number of hydrogen-bond acceptors (Lipinski definition) is 2. The molecule has 0 unspecified atom stereocenters. The molecule has 0 aliphatic heterocycles. The minimum absolute atomic E-state index is 0.266. The molecule has 2 rings (SSSR count). The fourth-order valence-corrected chi connectivity index (χ4v) is 2.58. The van der Waals surface area contributed by atoms with Gasteiger partial charge in [0.15, 0.2) is 5.96 Å². The first-order valence-electron chi connectivity index (χ1n) is 7.54. The summed E-state index contributed by atoms with van der Waals surface area (Å²) in [7, 11) is 0. The van der Waals surface area contributed by atoms with Crippen molar-refractivity contribution in [2.75, 3.05) is 13.1 Å². The van der Waals surface area contributed by atoms with E-state index in [0.717, 1.165) is 35.2 Å². The molecule has 0 fully saturated rings. The van der Waals surface area contributed by atoms with E-state index in [1.807, 2.05) is 31.2 Å². The Morgan fingerprint density at radius 1 is 1.26 bits per heavy atom. The van der Waals surface area contributed by atoms with E-state index in [0.29, 0.717) is 12.5 Å². The van der Waals surface area contributed by atoms with Crippen molar-refractivity contribution in [2.24, 2.45) is 4.99 Å². The van der Waals surface area contributed by atoms with Gasteiger partial charge in [0.2, 0.25) is 0 Å². The number of halogens is 2. The Kier molecular flexibility index (Phi) is 7.00. The molecule has 0 amide bonds. The summed E-state index contributed by atoms with van der Waals surface area (Å²) in [6.07, 6.45) is 2.60. The first-order chi connectivity index (χ1) is 11.2. The van der Waals surface area contributed by atoms with E-state index in [2.05, 4.69) is 36.5 Å². The molecule has 2 N–H and O–H groups in total. The van der Waals surface area contributed by atoms with Crippen molar-refractivity contribution in [3.05, 3.63) is 64.1 Å². The van der Waals surface area contributed by atoms with Gasteiger partial charge in [0.1, 0.15) is 5.82 Å². The van der Waals surface area contributed by atoms with E-state index in [9.17, 15) is 4.39 Å². The van der Waals surface area contributed by atoms with Crippen LogP contribution in [0.2, 0.25) is 0 Å². The van der Waals surface area contributed by atoms with Gasteiger partial charge >= 0.3 is 0 Å². The number of aromatic nitrogens is 1. The van der Waals surface area contributed by atoms with Crippen LogP contribution in [0.3, 0.4) is 0 Å². The molecule has 0 bridgehead atoms. The van der Waals surface area contributed by atoms with Crippen molar-refractivity contribution in [1.82, 2.24) is 15.6 Å². The van der Waals surface area contributed by atoms with Crippen LogP contribution in [0.15, 0.2) is 52.1 Å². The second-order valence-electron chi connectivity index (χ2n) is 4.97. The van der Waals surface area contributed by atoms with E-state index in [1.165, 1.54) is 12.1 Å². The number of benzene rings is 1. The van der Waals surface area contributed by atoms with Crippen molar-refractivity contribution in [3.63, 3.8) is 0 Å². The average molecular weight is 379 g/mol. The molecule has 1 heterocycles. The number of aliphatic imine (C=N–C) groups is 1. The van der Waals surface area contributed by atoms with Crippen molar-refractivity contribution >= 4 is 21.9 Å². The molecule has 0 radical (unpaired) electrons. The lowest BCUT2D eigenvalue weighted by atomic mass is 10.2. The molecule has 0 atom stereocenters. The molecule has 122 valence electrons. The van der Waals surface area contributed by atoms with E-state index in [-0.39, 0.29) is 5.82 Å². The average Bonchev–Trinajstić information content (AvgIpc) is 2.53. The fourth-order valence-electron chi connectivity index (χ4n) is 2.07. The molecular formula is C17H20BrFN4. The maximum atomic E-state index is 13.4. The van der Waals surface area contributed by atoms with Crippen LogP contribution in [0, 0.1) is 5.82 Å². The molecule has 4 nitrogen and oxygen atoms in total. The predicted octanol–water partition coefficient (Wildman–Crippen LogP) is 3.28. The summed E-state index contributed by atoms with van der Waals surface area (Å²) in [4.78, 5) is 8.77. The van der Waals surface area contributed by atoms with Crippen LogP contribution in [0.1, 0.15) is 18.2 Å². The lowest BCUT2D eigenvalue weighted by Crippen LogP contribution is -2.38. The van der Waals surface area contributed by atoms with Gasteiger partial charge in [0.25, 0.3) is 0 Å². The van der Waals surface area contributed by atoms with Crippen LogP contribution in [-0.2, 0) is 13.0 Å². The van der Waals surface area contributed by atoms with Gasteiger partial charge in [-0.25, -0.2) is 9.38 Å². The largest absolute Gasteiger partial charge is 0.357 e. The Hall–Kier alpha value is -1.95. The van der Waals surface area contributed by atoms with Gasteiger partial charge in [-0.2, -0.15) is 0 Å². The van der Waals surface area contributed by atoms with E-state index >= 15 is 0 Å². The smallest absolute Gasteiger partial charge is 0.191 e. The topological polar surface area (TPSA) is 49.3 Å². The van der Waals surface area contributed by atoms with Crippen molar-refractivity contribution in [3.8, 4) is 0 Å². The molecule has 1 aromatic heterocycles. The minimum atomic E-state index is -0.266. The quantitative estimate of drug-likeness (QED) is 0.598. The Morgan fingerprint density at radius 3 is 2.83 bits per heavy atom. The fraction of sp³-hybridized carbons (Fsp3) is 0.294. The molecule has 23 heavy (non-hydrogen) atoms. The summed E-state index contributed by atoms with van der Waals surface area (Å²) in [5.41, 5.74) is 1.85. The van der Waals surface area contributed by atoms with Crippen LogP contribution < -0.4 is 10.6 Å². The van der Waals surface area contributed by atoms with Gasteiger partial charge in [-0.15, -0.1) is 0 Å². The highest BCUT2D eigenvalue weighted by atomic mass is 79.9. The van der Waals surface area contributed by atoms with Gasteiger partial charge in [-0.05, 0) is 42.8 Å². The van der Waals surface area contributed by atoms with Crippen LogP contribution in [-0.4, -0.2) is 24.0 Å². The summed E-state index contributed by atoms with van der Waals surface area (Å²) in [6, 6.07) is 10.7. The van der Waals surface area contributed by atoms with Crippen LogP contribution in [0.25, 0.3) is 0 Å². The third-order valence-electron chi connectivity index (χ3n) is 3.09. The molecule has 0 saturated heterocycles. The summed E-state index contributed by atoms with van der Waals surface area (Å²) in [5.74, 6) is 0.446. The number of nitrogens with zero attached hydrogens (tertiary/aromatic N) is 2. The van der Waals surface area contributed by atoms with Gasteiger partial charge in [0.05, 0.1) is 6.54 Å². The van der Waals surface area contributed by atoms with Gasteiger partial charge in [-0.3, -0.25) is 4.98 Å². The molecule has 0 spiro atoms. The number of nitrogens with one attached hydrogen (secondary N) is 2. The van der Waals surface area contributed by atoms with Crippen molar-refractivity contribution in [1.29, 1.82) is 0 Å². The van der Waals surface area contributed by atoms with E-state index in [4.69, 9.17) is 0 Å². The number of pyridine rings is 1. The molecule has 1 aromatic carbocycles.